The summed E-state index contributed by atoms with van der Waals surface area (Å²) in [7, 11) is 1.49. The van der Waals surface area contributed by atoms with Gasteiger partial charge in [-0.15, -0.1) is 0 Å². The lowest BCUT2D eigenvalue weighted by Crippen LogP contribution is -2.38. The average Bonchev–Trinajstić information content (AvgIpc) is 3.28. The molecule has 2 N–H and O–H groups in total. The summed E-state index contributed by atoms with van der Waals surface area (Å²) in [5, 5.41) is 5.00. The number of imide groups is 1. The Morgan fingerprint density at radius 3 is 2.37 bits per heavy atom. The van der Waals surface area contributed by atoms with E-state index >= 15 is 0 Å². The second-order valence-corrected chi connectivity index (χ2v) is 10.2. The van der Waals surface area contributed by atoms with Crippen LogP contribution in [0.5, 0.6) is 11.5 Å². The second-order valence-electron chi connectivity index (χ2n) is 10.2. The van der Waals surface area contributed by atoms with Gasteiger partial charge in [0.15, 0.2) is 11.5 Å². The van der Waals surface area contributed by atoms with Gasteiger partial charge in [0.2, 0.25) is 5.91 Å². The first-order chi connectivity index (χ1) is 20.8. The number of amides is 5. The number of urea groups is 1. The highest BCUT2D eigenvalue weighted by Gasteiger charge is 2.35. The standard InChI is InChI=1S/C32H31FN4O6/c1-42-28-18-22(17-26-31(40)37(32(41)35-26)19-29(38)34-25-12-10-24(33)11-13-25)7-14-27(28)43-20-21-5-8-23(9-6-21)30(39)36-15-3-2-4-16-36/h5-14,17-18H,2-4,15-16,19-20H2,1H3,(H,34,38)(H,35,41)/b26-17-. The summed E-state index contributed by atoms with van der Waals surface area (Å²) in [6, 6.07) is 16.8. The number of rotatable bonds is 9. The number of benzene rings is 3. The van der Waals surface area contributed by atoms with E-state index in [1.807, 2.05) is 29.2 Å². The van der Waals surface area contributed by atoms with E-state index in [2.05, 4.69) is 10.6 Å². The molecule has 3 aromatic carbocycles. The highest BCUT2D eigenvalue weighted by molar-refractivity contribution is 6.16. The van der Waals surface area contributed by atoms with Crippen LogP contribution < -0.4 is 20.1 Å². The van der Waals surface area contributed by atoms with E-state index in [0.717, 1.165) is 42.8 Å². The van der Waals surface area contributed by atoms with Crippen molar-refractivity contribution in [1.82, 2.24) is 15.1 Å². The molecule has 2 saturated heterocycles. The first-order valence-electron chi connectivity index (χ1n) is 13.9. The maximum Gasteiger partial charge on any atom is 0.329 e. The number of carbonyl (C=O) groups is 4. The minimum absolute atomic E-state index is 0.00510. The van der Waals surface area contributed by atoms with Crippen LogP contribution in [-0.4, -0.2) is 60.3 Å². The van der Waals surface area contributed by atoms with E-state index in [0.29, 0.717) is 28.3 Å². The first-order valence-corrected chi connectivity index (χ1v) is 13.9. The van der Waals surface area contributed by atoms with Gasteiger partial charge in [0.05, 0.1) is 7.11 Å². The Kier molecular flexibility index (Phi) is 8.99. The third-order valence-corrected chi connectivity index (χ3v) is 7.13. The van der Waals surface area contributed by atoms with Gasteiger partial charge >= 0.3 is 6.03 Å². The number of carbonyl (C=O) groups excluding carboxylic acids is 4. The van der Waals surface area contributed by atoms with Crippen LogP contribution in [0.25, 0.3) is 6.08 Å². The number of nitrogens with zero attached hydrogens (tertiary/aromatic N) is 2. The molecule has 5 rings (SSSR count). The Morgan fingerprint density at radius 2 is 1.67 bits per heavy atom. The largest absolute Gasteiger partial charge is 0.493 e. The topological polar surface area (TPSA) is 117 Å². The van der Waals surface area contributed by atoms with Gasteiger partial charge in [-0.1, -0.05) is 18.2 Å². The molecule has 10 nitrogen and oxygen atoms in total. The summed E-state index contributed by atoms with van der Waals surface area (Å²) < 4.78 is 24.5. The van der Waals surface area contributed by atoms with Crippen molar-refractivity contribution in [3.05, 3.63) is 94.9 Å². The van der Waals surface area contributed by atoms with Crippen LogP contribution in [-0.2, 0) is 16.2 Å². The van der Waals surface area contributed by atoms with Crippen molar-refractivity contribution < 1.29 is 33.0 Å². The SMILES string of the molecule is COc1cc(/C=C2\NC(=O)N(CC(=O)Nc3ccc(F)cc3)C2=O)ccc1OCc1ccc(C(=O)N2CCCCC2)cc1. The van der Waals surface area contributed by atoms with Gasteiger partial charge < -0.3 is 25.0 Å². The summed E-state index contributed by atoms with van der Waals surface area (Å²) in [6.07, 6.45) is 4.72. The Bertz CT molecular complexity index is 1550. The third-order valence-electron chi connectivity index (χ3n) is 7.13. The van der Waals surface area contributed by atoms with Gasteiger partial charge in [-0.2, -0.15) is 0 Å². The molecule has 43 heavy (non-hydrogen) atoms. The fraction of sp³-hybridized carbons (Fsp3) is 0.250. The van der Waals surface area contributed by atoms with Gasteiger partial charge in [-0.05, 0) is 85.0 Å². The minimum Gasteiger partial charge on any atom is -0.493 e. The lowest BCUT2D eigenvalue weighted by Gasteiger charge is -2.26. The zero-order valence-electron chi connectivity index (χ0n) is 23.6. The van der Waals surface area contributed by atoms with E-state index in [4.69, 9.17) is 9.47 Å². The molecule has 222 valence electrons. The van der Waals surface area contributed by atoms with Crippen molar-refractivity contribution in [2.24, 2.45) is 0 Å². The van der Waals surface area contributed by atoms with Crippen molar-refractivity contribution in [1.29, 1.82) is 0 Å². The summed E-state index contributed by atoms with van der Waals surface area (Å²) in [6.45, 7) is 1.33. The van der Waals surface area contributed by atoms with Crippen LogP contribution in [0, 0.1) is 5.82 Å². The molecule has 2 heterocycles. The lowest BCUT2D eigenvalue weighted by molar-refractivity contribution is -0.127. The Morgan fingerprint density at radius 1 is 0.953 bits per heavy atom. The van der Waals surface area contributed by atoms with Gasteiger partial charge in [0.1, 0.15) is 24.7 Å². The van der Waals surface area contributed by atoms with Crippen LogP contribution in [0.1, 0.15) is 40.7 Å². The zero-order valence-corrected chi connectivity index (χ0v) is 23.6. The number of methoxy groups -OCH3 is 1. The summed E-state index contributed by atoms with van der Waals surface area (Å²) in [5.74, 6) is -0.794. The summed E-state index contributed by atoms with van der Waals surface area (Å²) in [5.41, 5.74) is 2.43. The van der Waals surface area contributed by atoms with E-state index in [-0.39, 0.29) is 18.2 Å². The number of nitrogens with one attached hydrogen (secondary N) is 2. The van der Waals surface area contributed by atoms with Gasteiger partial charge in [0.25, 0.3) is 11.8 Å². The molecule has 2 fully saturated rings. The number of piperidine rings is 1. The quantitative estimate of drug-likeness (QED) is 0.280. The average molecular weight is 587 g/mol. The highest BCUT2D eigenvalue weighted by Crippen LogP contribution is 2.30. The Balaban J connectivity index is 1.19. The molecule has 2 aliphatic rings. The minimum atomic E-state index is -0.735. The third kappa shape index (κ3) is 7.18. The van der Waals surface area contributed by atoms with Crippen molar-refractivity contribution in [3.8, 4) is 11.5 Å². The van der Waals surface area contributed by atoms with Crippen molar-refractivity contribution in [2.45, 2.75) is 25.9 Å². The fourth-order valence-electron chi connectivity index (χ4n) is 4.84. The van der Waals surface area contributed by atoms with Crippen LogP contribution >= 0.6 is 0 Å². The predicted molar refractivity (Wildman–Crippen MR) is 157 cm³/mol. The number of likely N-dealkylation sites (tertiary alicyclic amines) is 1. The number of hydrogen-bond donors (Lipinski definition) is 2. The molecule has 0 saturated carbocycles. The van der Waals surface area contributed by atoms with E-state index in [1.165, 1.54) is 37.5 Å². The predicted octanol–water partition coefficient (Wildman–Crippen LogP) is 4.57. The molecular formula is C32H31FN4O6. The smallest absolute Gasteiger partial charge is 0.329 e. The number of ether oxygens (including phenoxy) is 2. The van der Waals surface area contributed by atoms with Crippen LogP contribution in [0.2, 0.25) is 0 Å². The molecule has 5 amide bonds. The summed E-state index contributed by atoms with van der Waals surface area (Å²) >= 11 is 0. The second kappa shape index (κ2) is 13.2. The van der Waals surface area contributed by atoms with E-state index < -0.39 is 30.2 Å². The molecule has 0 aromatic heterocycles. The lowest BCUT2D eigenvalue weighted by atomic mass is 10.1. The van der Waals surface area contributed by atoms with Crippen molar-refractivity contribution in [2.75, 3.05) is 32.1 Å². The molecule has 0 spiro atoms. The van der Waals surface area contributed by atoms with E-state index in [9.17, 15) is 23.6 Å². The maximum atomic E-state index is 13.1. The fourth-order valence-corrected chi connectivity index (χ4v) is 4.84. The van der Waals surface area contributed by atoms with Gasteiger partial charge in [0, 0.05) is 24.3 Å². The molecule has 0 radical (unpaired) electrons. The molecule has 11 heteroatoms. The van der Waals surface area contributed by atoms with Crippen molar-refractivity contribution in [3.63, 3.8) is 0 Å². The molecule has 0 bridgehead atoms. The van der Waals surface area contributed by atoms with Crippen molar-refractivity contribution >= 4 is 35.5 Å². The molecule has 2 aliphatic heterocycles. The van der Waals surface area contributed by atoms with Crippen LogP contribution in [0.15, 0.2) is 72.4 Å². The van der Waals surface area contributed by atoms with Crippen LogP contribution in [0.4, 0.5) is 14.9 Å². The number of hydrogen-bond acceptors (Lipinski definition) is 6. The Labute approximate surface area is 248 Å². The maximum absolute atomic E-state index is 13.1. The highest BCUT2D eigenvalue weighted by atomic mass is 19.1. The normalized spacial score (nSPS) is 15.8. The number of anilines is 1. The number of halogens is 1. The summed E-state index contributed by atoms with van der Waals surface area (Å²) in [4.78, 5) is 53.0. The molecule has 0 atom stereocenters. The van der Waals surface area contributed by atoms with Crippen LogP contribution in [0.3, 0.4) is 0 Å². The Hall–Kier alpha value is -5.19. The monoisotopic (exact) mass is 586 g/mol. The van der Waals surface area contributed by atoms with E-state index in [1.54, 1.807) is 18.2 Å². The molecular weight excluding hydrogens is 555 g/mol. The van der Waals surface area contributed by atoms with Gasteiger partial charge in [-0.3, -0.25) is 14.4 Å². The van der Waals surface area contributed by atoms with Gasteiger partial charge in [-0.25, -0.2) is 14.1 Å². The zero-order chi connectivity index (χ0) is 30.3. The molecule has 0 aliphatic carbocycles. The molecule has 0 unspecified atom stereocenters. The first kappa shape index (κ1) is 29.3. The molecule has 3 aromatic rings.